The van der Waals surface area contributed by atoms with Gasteiger partial charge in [0.25, 0.3) is 0 Å². The molecule has 0 aromatic heterocycles. The van der Waals surface area contributed by atoms with Crippen LogP contribution >= 0.6 is 0 Å². The minimum Gasteiger partial charge on any atom is -0.426 e. The van der Waals surface area contributed by atoms with Gasteiger partial charge >= 0.3 is 5.97 Å². The first-order valence-corrected chi connectivity index (χ1v) is 12.0. The van der Waals surface area contributed by atoms with Gasteiger partial charge in [0, 0.05) is 17.5 Å². The third-order valence-electron chi connectivity index (χ3n) is 7.58. The van der Waals surface area contributed by atoms with Crippen molar-refractivity contribution in [1.82, 2.24) is 0 Å². The van der Waals surface area contributed by atoms with Crippen LogP contribution in [0.25, 0.3) is 0 Å². The zero-order valence-electron chi connectivity index (χ0n) is 19.4. The monoisotopic (exact) mass is 417 g/mol. The predicted octanol–water partition coefficient (Wildman–Crippen LogP) is 6.45. The molecule has 0 saturated heterocycles. The van der Waals surface area contributed by atoms with Gasteiger partial charge in [-0.3, -0.25) is 4.79 Å². The van der Waals surface area contributed by atoms with E-state index in [4.69, 9.17) is 10.5 Å². The molecule has 3 rings (SSSR count). The van der Waals surface area contributed by atoms with Gasteiger partial charge in [0.2, 0.25) is 0 Å². The molecule has 1 aromatic rings. The van der Waals surface area contributed by atoms with Gasteiger partial charge in [-0.2, -0.15) is 0 Å². The Morgan fingerprint density at radius 1 is 1.27 bits per heavy atom. The van der Waals surface area contributed by atoms with E-state index in [1.807, 2.05) is 6.07 Å². The molecule has 0 amide bonds. The Bertz CT molecular complexity index is 760. The van der Waals surface area contributed by atoms with E-state index in [0.717, 1.165) is 49.7 Å². The molecule has 2 aliphatic rings. The molecule has 3 atom stereocenters. The SMILES string of the molecule is CCCCCC(C)(C)CC(=O)Oc1cc(F)c2c(c1)[C@@]1(C)CCCCCC(C2)C1N. The number of hydrogen-bond acceptors (Lipinski definition) is 3. The van der Waals surface area contributed by atoms with Crippen molar-refractivity contribution in [2.24, 2.45) is 17.1 Å². The number of rotatable bonds is 7. The predicted molar refractivity (Wildman–Crippen MR) is 120 cm³/mol. The van der Waals surface area contributed by atoms with E-state index in [1.54, 1.807) is 0 Å². The van der Waals surface area contributed by atoms with E-state index in [2.05, 4.69) is 27.7 Å². The van der Waals surface area contributed by atoms with Crippen molar-refractivity contribution in [1.29, 1.82) is 0 Å². The summed E-state index contributed by atoms with van der Waals surface area (Å²) in [5.41, 5.74) is 8.08. The third-order valence-corrected chi connectivity index (χ3v) is 7.58. The van der Waals surface area contributed by atoms with Crippen LogP contribution < -0.4 is 10.5 Å². The van der Waals surface area contributed by atoms with Gasteiger partial charge in [0.05, 0.1) is 6.42 Å². The molecule has 168 valence electrons. The smallest absolute Gasteiger partial charge is 0.311 e. The van der Waals surface area contributed by atoms with E-state index in [-0.39, 0.29) is 28.7 Å². The normalized spacial score (nSPS) is 26.5. The molecule has 0 radical (unpaired) electrons. The molecule has 2 N–H and O–H groups in total. The number of halogens is 1. The minimum atomic E-state index is -0.281. The fourth-order valence-electron chi connectivity index (χ4n) is 5.64. The molecule has 30 heavy (non-hydrogen) atoms. The number of carbonyl (C=O) groups excluding carboxylic acids is 1. The molecule has 2 unspecified atom stereocenters. The number of unbranched alkanes of at least 4 members (excludes halogenated alkanes) is 2. The Morgan fingerprint density at radius 2 is 2.03 bits per heavy atom. The third kappa shape index (κ3) is 5.07. The van der Waals surface area contributed by atoms with Crippen LogP contribution in [0.4, 0.5) is 4.39 Å². The lowest BCUT2D eigenvalue weighted by molar-refractivity contribution is -0.136. The maximum Gasteiger partial charge on any atom is 0.311 e. The van der Waals surface area contributed by atoms with Crippen molar-refractivity contribution in [3.05, 3.63) is 29.1 Å². The molecule has 1 saturated carbocycles. The summed E-state index contributed by atoms with van der Waals surface area (Å²) in [5, 5.41) is 0. The van der Waals surface area contributed by atoms with E-state index >= 15 is 4.39 Å². The summed E-state index contributed by atoms with van der Waals surface area (Å²) in [5.74, 6) is 0.127. The van der Waals surface area contributed by atoms with Crippen molar-refractivity contribution in [3.63, 3.8) is 0 Å². The first-order valence-electron chi connectivity index (χ1n) is 12.0. The van der Waals surface area contributed by atoms with Gasteiger partial charge < -0.3 is 10.5 Å². The summed E-state index contributed by atoms with van der Waals surface area (Å²) in [6.07, 6.45) is 11.0. The Labute approximate surface area is 181 Å². The highest BCUT2D eigenvalue weighted by atomic mass is 19.1. The van der Waals surface area contributed by atoms with Crippen LogP contribution in [-0.4, -0.2) is 12.0 Å². The summed E-state index contributed by atoms with van der Waals surface area (Å²) in [7, 11) is 0. The zero-order chi connectivity index (χ0) is 21.9. The Hall–Kier alpha value is -1.42. The van der Waals surface area contributed by atoms with Gasteiger partial charge in [0.1, 0.15) is 11.6 Å². The second-order valence-electron chi connectivity index (χ2n) is 10.7. The number of hydrogen-bond donors (Lipinski definition) is 1. The average molecular weight is 418 g/mol. The lowest BCUT2D eigenvalue weighted by Crippen LogP contribution is -2.53. The molecule has 2 bridgehead atoms. The highest BCUT2D eigenvalue weighted by Crippen LogP contribution is 2.47. The lowest BCUT2D eigenvalue weighted by Gasteiger charge is -2.47. The zero-order valence-corrected chi connectivity index (χ0v) is 19.4. The highest BCUT2D eigenvalue weighted by molar-refractivity contribution is 5.73. The molecule has 0 spiro atoms. The second-order valence-corrected chi connectivity index (χ2v) is 10.7. The van der Waals surface area contributed by atoms with E-state index in [9.17, 15) is 4.79 Å². The Morgan fingerprint density at radius 3 is 2.77 bits per heavy atom. The van der Waals surface area contributed by atoms with Gasteiger partial charge in [-0.15, -0.1) is 0 Å². The minimum absolute atomic E-state index is 0.0214. The first-order chi connectivity index (χ1) is 14.2. The molecule has 3 nitrogen and oxygen atoms in total. The van der Waals surface area contributed by atoms with Crippen LogP contribution in [0.1, 0.15) is 103 Å². The second kappa shape index (κ2) is 9.38. The lowest BCUT2D eigenvalue weighted by atomic mass is 9.60. The number of carbonyl (C=O) groups is 1. The van der Waals surface area contributed by atoms with Crippen LogP contribution in [0, 0.1) is 17.2 Å². The number of fused-ring (bicyclic) bond motifs is 4. The first kappa shape index (κ1) is 23.2. The van der Waals surface area contributed by atoms with Crippen molar-refractivity contribution >= 4 is 5.97 Å². The van der Waals surface area contributed by atoms with Crippen LogP contribution in [-0.2, 0) is 16.6 Å². The molecule has 0 heterocycles. The topological polar surface area (TPSA) is 52.3 Å². The summed E-state index contributed by atoms with van der Waals surface area (Å²) in [6.45, 7) is 8.56. The average Bonchev–Trinajstić information content (AvgIpc) is 2.65. The fraction of sp³-hybridized carbons (Fsp3) is 0.731. The van der Waals surface area contributed by atoms with Crippen LogP contribution in [0.2, 0.25) is 0 Å². The van der Waals surface area contributed by atoms with E-state index < -0.39 is 0 Å². The number of esters is 1. The number of benzene rings is 1. The van der Waals surface area contributed by atoms with Gasteiger partial charge in [-0.05, 0) is 54.2 Å². The molecule has 4 heteroatoms. The van der Waals surface area contributed by atoms with Crippen LogP contribution in [0.5, 0.6) is 5.75 Å². The number of ether oxygens (including phenoxy) is 1. The van der Waals surface area contributed by atoms with Crippen molar-refractivity contribution in [2.45, 2.75) is 110 Å². The summed E-state index contributed by atoms with van der Waals surface area (Å²) in [6, 6.07) is 3.33. The molecule has 0 aliphatic heterocycles. The maximum absolute atomic E-state index is 15.1. The fourth-order valence-corrected chi connectivity index (χ4v) is 5.64. The maximum atomic E-state index is 15.1. The standard InChI is InChI=1S/C26H40FNO2/c1-5-6-9-12-25(2,3)17-23(29)30-19-15-21-20(22(27)16-19)14-18-11-8-7-10-13-26(21,4)24(18)28/h15-16,18,24H,5-14,17,28H2,1-4H3/t18?,24?,26-/m1/s1. The van der Waals surface area contributed by atoms with Crippen LogP contribution in [0.15, 0.2) is 12.1 Å². The van der Waals surface area contributed by atoms with Crippen molar-refractivity contribution < 1.29 is 13.9 Å². The molecule has 1 fully saturated rings. The van der Waals surface area contributed by atoms with Crippen molar-refractivity contribution in [3.8, 4) is 5.75 Å². The number of nitrogens with two attached hydrogens (primary N) is 1. The van der Waals surface area contributed by atoms with Gasteiger partial charge in [0.15, 0.2) is 0 Å². The van der Waals surface area contributed by atoms with Crippen molar-refractivity contribution in [2.75, 3.05) is 0 Å². The van der Waals surface area contributed by atoms with Gasteiger partial charge in [-0.1, -0.05) is 66.2 Å². The molecular weight excluding hydrogens is 377 g/mol. The van der Waals surface area contributed by atoms with Crippen LogP contribution in [0.3, 0.4) is 0 Å². The molecular formula is C26H40FNO2. The molecule has 2 aliphatic carbocycles. The van der Waals surface area contributed by atoms with E-state index in [0.29, 0.717) is 24.5 Å². The van der Waals surface area contributed by atoms with E-state index in [1.165, 1.54) is 25.3 Å². The van der Waals surface area contributed by atoms with Gasteiger partial charge in [-0.25, -0.2) is 4.39 Å². The molecule has 1 aromatic carbocycles. The summed E-state index contributed by atoms with van der Waals surface area (Å²) in [4.78, 5) is 12.6. The highest BCUT2D eigenvalue weighted by Gasteiger charge is 2.45. The summed E-state index contributed by atoms with van der Waals surface area (Å²) >= 11 is 0. The summed E-state index contributed by atoms with van der Waals surface area (Å²) < 4.78 is 20.8. The quantitative estimate of drug-likeness (QED) is 0.315. The Kier molecular flexibility index (Phi) is 7.27. The largest absolute Gasteiger partial charge is 0.426 e. The Balaban J connectivity index is 1.80.